The van der Waals surface area contributed by atoms with E-state index < -0.39 is 0 Å². The molecule has 0 unspecified atom stereocenters. The van der Waals surface area contributed by atoms with E-state index in [4.69, 9.17) is 0 Å². The second-order valence-electron chi connectivity index (χ2n) is 8.58. The van der Waals surface area contributed by atoms with Crippen LogP contribution in [-0.2, 0) is 0 Å². The molecule has 2 N–H and O–H groups in total. The monoisotopic (exact) mass is 443 g/mol. The third-order valence-electron chi connectivity index (χ3n) is 6.47. The van der Waals surface area contributed by atoms with Gasteiger partial charge in [0.05, 0.1) is 0 Å². The normalized spacial score (nSPS) is 16.7. The van der Waals surface area contributed by atoms with Crippen LogP contribution in [0.2, 0.25) is 0 Å². The number of piperidine rings is 1. The second kappa shape index (κ2) is 13.0. The van der Waals surface area contributed by atoms with Crippen LogP contribution in [0.4, 0.5) is 0 Å². The lowest BCUT2D eigenvalue weighted by Crippen LogP contribution is -2.32. The van der Waals surface area contributed by atoms with Crippen LogP contribution in [0.25, 0.3) is 11.1 Å². The first-order valence-electron chi connectivity index (χ1n) is 12.1. The van der Waals surface area contributed by atoms with Gasteiger partial charge in [0.25, 0.3) is 0 Å². The molecule has 0 aliphatic carbocycles. The van der Waals surface area contributed by atoms with Crippen LogP contribution in [0.15, 0.2) is 91.2 Å². The summed E-state index contributed by atoms with van der Waals surface area (Å²) in [6.45, 7) is 9.52. The lowest BCUT2D eigenvalue weighted by Gasteiger charge is -2.31. The largest absolute Gasteiger partial charge is 0.508 e. The maximum absolute atomic E-state index is 10.2. The first kappa shape index (κ1) is 24.8. The van der Waals surface area contributed by atoms with Gasteiger partial charge in [-0.3, -0.25) is 0 Å². The number of likely N-dealkylation sites (tertiary alicyclic amines) is 1. The first-order chi connectivity index (χ1) is 16.2. The van der Waals surface area contributed by atoms with Gasteiger partial charge in [-0.25, -0.2) is 0 Å². The molecule has 0 spiro atoms. The molecule has 3 nitrogen and oxygen atoms in total. The lowest BCUT2D eigenvalue weighted by molar-refractivity contribution is 0.222. The van der Waals surface area contributed by atoms with Crippen LogP contribution in [0.5, 0.6) is 0 Å². The number of rotatable bonds is 10. The van der Waals surface area contributed by atoms with Gasteiger partial charge in [-0.15, -0.1) is 0 Å². The number of nitrogens with zero attached hydrogens (tertiary/aromatic N) is 1. The van der Waals surface area contributed by atoms with Crippen molar-refractivity contribution in [1.82, 2.24) is 4.90 Å². The average molecular weight is 444 g/mol. The molecule has 33 heavy (non-hydrogen) atoms. The molecule has 1 heterocycles. The smallest absolute Gasteiger partial charge is 0.115 e. The fraction of sp³-hybridized carbons (Fsp3) is 0.333. The van der Waals surface area contributed by atoms with Gasteiger partial charge in [0.15, 0.2) is 0 Å². The van der Waals surface area contributed by atoms with Crippen molar-refractivity contribution in [2.24, 2.45) is 0 Å². The van der Waals surface area contributed by atoms with Crippen LogP contribution in [0, 0.1) is 0 Å². The summed E-state index contributed by atoms with van der Waals surface area (Å²) in [5.41, 5.74) is 5.88. The molecule has 0 saturated carbocycles. The van der Waals surface area contributed by atoms with Crippen molar-refractivity contribution < 1.29 is 10.2 Å². The molecule has 3 heteroatoms. The Morgan fingerprint density at radius 2 is 1.70 bits per heavy atom. The van der Waals surface area contributed by atoms with E-state index in [0.29, 0.717) is 12.3 Å². The van der Waals surface area contributed by atoms with E-state index >= 15 is 0 Å². The van der Waals surface area contributed by atoms with Gasteiger partial charge in [-0.2, -0.15) is 0 Å². The number of aliphatic hydroxyl groups is 2. The Bertz CT molecular complexity index is 962. The fourth-order valence-corrected chi connectivity index (χ4v) is 4.56. The number of aliphatic hydroxyl groups excluding tert-OH is 2. The Kier molecular flexibility index (Phi) is 9.74. The molecule has 1 fully saturated rings. The zero-order valence-electron chi connectivity index (χ0n) is 19.8. The summed E-state index contributed by atoms with van der Waals surface area (Å²) in [5.74, 6) is 0.781. The maximum Gasteiger partial charge on any atom is 0.115 e. The number of allylic oxidation sites excluding steroid dienone is 6. The molecule has 3 rings (SSSR count). The molecule has 0 bridgehead atoms. The van der Waals surface area contributed by atoms with Crippen LogP contribution >= 0.6 is 0 Å². The summed E-state index contributed by atoms with van der Waals surface area (Å²) >= 11 is 0. The molecule has 0 atom stereocenters. The molecular formula is C30H37NO2. The summed E-state index contributed by atoms with van der Waals surface area (Å²) in [6.07, 6.45) is 10.7. The molecule has 2 aromatic carbocycles. The SMILES string of the molecule is C=C\C=C(O)/C=C/C(=C(\CCCO)c1ccccc1)c1ccc(C2CCN(CC)CC2)cc1. The van der Waals surface area contributed by atoms with E-state index in [1.165, 1.54) is 31.5 Å². The Morgan fingerprint density at radius 3 is 2.30 bits per heavy atom. The third kappa shape index (κ3) is 7.05. The van der Waals surface area contributed by atoms with Gasteiger partial charge in [0.2, 0.25) is 0 Å². The van der Waals surface area contributed by atoms with E-state index in [2.05, 4.69) is 54.8 Å². The van der Waals surface area contributed by atoms with Gasteiger partial charge >= 0.3 is 0 Å². The molecule has 1 saturated heterocycles. The van der Waals surface area contributed by atoms with Crippen molar-refractivity contribution in [3.8, 4) is 0 Å². The molecule has 0 radical (unpaired) electrons. The minimum absolute atomic E-state index is 0.143. The number of hydrogen-bond donors (Lipinski definition) is 2. The lowest BCUT2D eigenvalue weighted by atomic mass is 9.87. The van der Waals surface area contributed by atoms with Gasteiger partial charge in [0.1, 0.15) is 5.76 Å². The topological polar surface area (TPSA) is 43.7 Å². The Balaban J connectivity index is 1.99. The predicted molar refractivity (Wildman–Crippen MR) is 140 cm³/mol. The van der Waals surface area contributed by atoms with E-state index in [-0.39, 0.29) is 12.4 Å². The molecule has 1 aliphatic heterocycles. The van der Waals surface area contributed by atoms with E-state index in [1.54, 1.807) is 18.2 Å². The van der Waals surface area contributed by atoms with Gasteiger partial charge in [-0.1, -0.05) is 80.3 Å². The van der Waals surface area contributed by atoms with Crippen molar-refractivity contribution in [2.45, 2.75) is 38.5 Å². The summed E-state index contributed by atoms with van der Waals surface area (Å²) in [6, 6.07) is 19.3. The predicted octanol–water partition coefficient (Wildman–Crippen LogP) is 6.75. The second-order valence-corrected chi connectivity index (χ2v) is 8.58. The average Bonchev–Trinajstić information content (AvgIpc) is 2.87. The summed E-state index contributed by atoms with van der Waals surface area (Å²) in [4.78, 5) is 2.52. The van der Waals surface area contributed by atoms with Gasteiger partial charge in [0, 0.05) is 6.61 Å². The van der Waals surface area contributed by atoms with Crippen LogP contribution < -0.4 is 0 Å². The highest BCUT2D eigenvalue weighted by atomic mass is 16.3. The molecule has 1 aliphatic rings. The number of benzene rings is 2. The highest BCUT2D eigenvalue weighted by molar-refractivity contribution is 5.95. The summed E-state index contributed by atoms with van der Waals surface area (Å²) in [5, 5.41) is 19.7. The Morgan fingerprint density at radius 1 is 1.00 bits per heavy atom. The van der Waals surface area contributed by atoms with Crippen LogP contribution in [0.3, 0.4) is 0 Å². The van der Waals surface area contributed by atoms with E-state index in [1.807, 2.05) is 24.3 Å². The van der Waals surface area contributed by atoms with Gasteiger partial charge < -0.3 is 15.1 Å². The van der Waals surface area contributed by atoms with Gasteiger partial charge in [-0.05, 0) is 91.2 Å². The zero-order chi connectivity index (χ0) is 23.5. The third-order valence-corrected chi connectivity index (χ3v) is 6.47. The highest BCUT2D eigenvalue weighted by Gasteiger charge is 2.19. The minimum atomic E-state index is 0.143. The summed E-state index contributed by atoms with van der Waals surface area (Å²) < 4.78 is 0. The highest BCUT2D eigenvalue weighted by Crippen LogP contribution is 2.34. The summed E-state index contributed by atoms with van der Waals surface area (Å²) in [7, 11) is 0. The van der Waals surface area contributed by atoms with E-state index in [9.17, 15) is 10.2 Å². The van der Waals surface area contributed by atoms with Crippen molar-refractivity contribution in [3.05, 3.63) is 108 Å². The maximum atomic E-state index is 10.2. The van der Waals surface area contributed by atoms with Crippen molar-refractivity contribution >= 4 is 11.1 Å². The molecule has 0 amide bonds. The number of hydrogen-bond acceptors (Lipinski definition) is 3. The van der Waals surface area contributed by atoms with E-state index in [0.717, 1.165) is 35.2 Å². The molecular weight excluding hydrogens is 406 g/mol. The minimum Gasteiger partial charge on any atom is -0.508 e. The van der Waals surface area contributed by atoms with Crippen molar-refractivity contribution in [3.63, 3.8) is 0 Å². The molecule has 174 valence electrons. The van der Waals surface area contributed by atoms with Crippen LogP contribution in [0.1, 0.15) is 55.2 Å². The van der Waals surface area contributed by atoms with Crippen LogP contribution in [-0.4, -0.2) is 41.4 Å². The zero-order valence-corrected chi connectivity index (χ0v) is 19.8. The standard InChI is InChI=1S/C30H37NO2/c1-3-9-28(33)17-18-30(29(12-8-23-32)26-10-6-5-7-11-26)27-15-13-24(14-16-27)25-19-21-31(4-2)22-20-25/h3,5-7,9-11,13-18,25,32-33H,1,4,8,12,19-23H2,2H3/b18-17+,28-9+,30-29-. The first-order valence-corrected chi connectivity index (χ1v) is 12.1. The Hall–Kier alpha value is -2.88. The van der Waals surface area contributed by atoms with Crippen molar-refractivity contribution in [2.75, 3.05) is 26.2 Å². The molecule has 0 aromatic heterocycles. The molecule has 2 aromatic rings. The fourth-order valence-electron chi connectivity index (χ4n) is 4.56. The van der Waals surface area contributed by atoms with Crippen molar-refractivity contribution in [1.29, 1.82) is 0 Å². The Labute approximate surface area is 199 Å². The quantitative estimate of drug-likeness (QED) is 0.242.